The Hall–Kier alpha value is -1.83. The second kappa shape index (κ2) is 6.62. The van der Waals surface area contributed by atoms with Gasteiger partial charge in [-0.25, -0.2) is 0 Å². The Morgan fingerprint density at radius 1 is 1.25 bits per heavy atom. The van der Waals surface area contributed by atoms with Crippen LogP contribution in [0.5, 0.6) is 11.5 Å². The number of hydrogen-bond acceptors (Lipinski definition) is 6. The van der Waals surface area contributed by atoms with Crippen molar-refractivity contribution in [3.05, 3.63) is 23.8 Å². The summed E-state index contributed by atoms with van der Waals surface area (Å²) in [6, 6.07) is 3.09. The average molecular weight is 229 g/mol. The zero-order valence-corrected chi connectivity index (χ0v) is 8.50. The van der Waals surface area contributed by atoms with Gasteiger partial charge in [0.05, 0.1) is 0 Å². The number of carboxylic acids is 1. The molecule has 0 bridgehead atoms. The lowest BCUT2D eigenvalue weighted by Crippen LogP contribution is -2.32. The van der Waals surface area contributed by atoms with E-state index in [9.17, 15) is 4.79 Å². The fourth-order valence-electron chi connectivity index (χ4n) is 1.04. The number of carbonyl (C=O) groups is 1. The minimum absolute atomic E-state index is 0.114. The van der Waals surface area contributed by atoms with E-state index in [0.717, 1.165) is 0 Å². The maximum absolute atomic E-state index is 10.4. The molecule has 7 nitrogen and oxygen atoms in total. The molecule has 0 heterocycles. The van der Waals surface area contributed by atoms with Crippen molar-refractivity contribution >= 4 is 5.97 Å². The maximum Gasteiger partial charge on any atom is 0.320 e. The highest BCUT2D eigenvalue weighted by atomic mass is 16.4. The van der Waals surface area contributed by atoms with E-state index >= 15 is 0 Å². The lowest BCUT2D eigenvalue weighted by molar-refractivity contribution is -0.138. The van der Waals surface area contributed by atoms with Crippen molar-refractivity contribution in [3.8, 4) is 11.5 Å². The second-order valence-corrected chi connectivity index (χ2v) is 2.97. The molecule has 16 heavy (non-hydrogen) atoms. The number of nitrogens with two attached hydrogens (primary N) is 3. The standard InChI is InChI=1S/C9H11NO4.H4N2/c10-6(9(13)14)3-5-1-2-7(11)8(12)4-5;1-2/h1-2,4,6,11-12H,3,10H2,(H,13,14);1-2H2. The van der Waals surface area contributed by atoms with Crippen molar-refractivity contribution in [1.82, 2.24) is 0 Å². The molecular formula is C9H15N3O4. The van der Waals surface area contributed by atoms with Gasteiger partial charge in [-0.3, -0.25) is 16.5 Å². The first-order valence-electron chi connectivity index (χ1n) is 4.33. The number of aromatic hydroxyl groups is 2. The third-order valence-corrected chi connectivity index (χ3v) is 1.81. The van der Waals surface area contributed by atoms with E-state index in [2.05, 4.69) is 11.7 Å². The number of hydrogen-bond donors (Lipinski definition) is 6. The van der Waals surface area contributed by atoms with Gasteiger partial charge in [-0.05, 0) is 24.1 Å². The third kappa shape index (κ3) is 4.13. The van der Waals surface area contributed by atoms with Crippen molar-refractivity contribution in [2.75, 3.05) is 0 Å². The molecule has 1 aromatic rings. The van der Waals surface area contributed by atoms with E-state index < -0.39 is 12.0 Å². The van der Waals surface area contributed by atoms with Crippen LogP contribution in [0, 0.1) is 0 Å². The molecular weight excluding hydrogens is 214 g/mol. The van der Waals surface area contributed by atoms with Crippen LogP contribution in [0.25, 0.3) is 0 Å². The summed E-state index contributed by atoms with van der Waals surface area (Å²) in [4.78, 5) is 10.4. The summed E-state index contributed by atoms with van der Waals surface area (Å²) in [6.07, 6.45) is 0.114. The summed E-state index contributed by atoms with van der Waals surface area (Å²) < 4.78 is 0. The number of carboxylic acid groups (broad SMARTS) is 1. The molecule has 7 heteroatoms. The van der Waals surface area contributed by atoms with Crippen molar-refractivity contribution in [3.63, 3.8) is 0 Å². The van der Waals surface area contributed by atoms with Gasteiger partial charge < -0.3 is 21.1 Å². The molecule has 0 saturated heterocycles. The van der Waals surface area contributed by atoms with E-state index in [1.807, 2.05) is 0 Å². The smallest absolute Gasteiger partial charge is 0.320 e. The molecule has 1 aromatic carbocycles. The number of hydrazine groups is 1. The molecule has 0 saturated carbocycles. The quantitative estimate of drug-likeness (QED) is 0.217. The van der Waals surface area contributed by atoms with Gasteiger partial charge in [0.15, 0.2) is 11.5 Å². The maximum atomic E-state index is 10.4. The lowest BCUT2D eigenvalue weighted by Gasteiger charge is -2.06. The number of benzene rings is 1. The molecule has 1 atom stereocenters. The second-order valence-electron chi connectivity index (χ2n) is 2.97. The van der Waals surface area contributed by atoms with Gasteiger partial charge in [-0.1, -0.05) is 6.07 Å². The summed E-state index contributed by atoms with van der Waals surface area (Å²) in [6.45, 7) is 0. The molecule has 0 aliphatic carbocycles. The highest BCUT2D eigenvalue weighted by molar-refractivity contribution is 5.73. The van der Waals surface area contributed by atoms with E-state index in [1.165, 1.54) is 18.2 Å². The Morgan fingerprint density at radius 3 is 2.25 bits per heavy atom. The summed E-state index contributed by atoms with van der Waals surface area (Å²) in [5, 5.41) is 26.6. The van der Waals surface area contributed by atoms with Gasteiger partial charge >= 0.3 is 5.97 Å². The number of aliphatic carboxylic acids is 1. The van der Waals surface area contributed by atoms with Gasteiger partial charge in [0.25, 0.3) is 0 Å². The van der Waals surface area contributed by atoms with Crippen molar-refractivity contribution in [2.24, 2.45) is 17.4 Å². The van der Waals surface area contributed by atoms with Gasteiger partial charge in [0.2, 0.25) is 0 Å². The van der Waals surface area contributed by atoms with Crippen LogP contribution in [0.3, 0.4) is 0 Å². The lowest BCUT2D eigenvalue weighted by atomic mass is 10.1. The van der Waals surface area contributed by atoms with Crippen molar-refractivity contribution in [1.29, 1.82) is 0 Å². The summed E-state index contributed by atoms with van der Waals surface area (Å²) in [7, 11) is 0. The molecule has 0 radical (unpaired) electrons. The molecule has 0 aliphatic heterocycles. The fraction of sp³-hybridized carbons (Fsp3) is 0.222. The van der Waals surface area contributed by atoms with Crippen LogP contribution < -0.4 is 17.4 Å². The van der Waals surface area contributed by atoms with Crippen molar-refractivity contribution in [2.45, 2.75) is 12.5 Å². The fourth-order valence-corrected chi connectivity index (χ4v) is 1.04. The predicted molar refractivity (Wildman–Crippen MR) is 57.5 cm³/mol. The highest BCUT2D eigenvalue weighted by Crippen LogP contribution is 2.25. The monoisotopic (exact) mass is 229 g/mol. The molecule has 0 spiro atoms. The first-order chi connectivity index (χ1) is 7.50. The Morgan fingerprint density at radius 2 is 1.81 bits per heavy atom. The highest BCUT2D eigenvalue weighted by Gasteiger charge is 2.12. The van der Waals surface area contributed by atoms with E-state index in [0.29, 0.717) is 5.56 Å². The first kappa shape index (κ1) is 14.2. The molecule has 1 rings (SSSR count). The Kier molecular flexibility index (Phi) is 5.86. The van der Waals surface area contributed by atoms with Crippen LogP contribution in [0.15, 0.2) is 18.2 Å². The first-order valence-corrected chi connectivity index (χ1v) is 4.33. The zero-order chi connectivity index (χ0) is 12.7. The normalized spacial score (nSPS) is 11.2. The van der Waals surface area contributed by atoms with Crippen LogP contribution in [-0.4, -0.2) is 27.3 Å². The number of phenols is 2. The molecule has 9 N–H and O–H groups in total. The minimum Gasteiger partial charge on any atom is -0.504 e. The zero-order valence-electron chi connectivity index (χ0n) is 8.50. The molecule has 1 unspecified atom stereocenters. The number of rotatable bonds is 3. The molecule has 0 aromatic heterocycles. The number of phenolic OH excluding ortho intramolecular Hbond substituents is 2. The van der Waals surface area contributed by atoms with E-state index in [-0.39, 0.29) is 17.9 Å². The van der Waals surface area contributed by atoms with Crippen LogP contribution in [0.1, 0.15) is 5.56 Å². The summed E-state index contributed by atoms with van der Waals surface area (Å²) >= 11 is 0. The summed E-state index contributed by atoms with van der Waals surface area (Å²) in [5.41, 5.74) is 5.86. The third-order valence-electron chi connectivity index (χ3n) is 1.81. The van der Waals surface area contributed by atoms with Gasteiger partial charge in [0, 0.05) is 0 Å². The SMILES string of the molecule is NC(Cc1ccc(O)c(O)c1)C(=O)O.NN. The largest absolute Gasteiger partial charge is 0.504 e. The minimum atomic E-state index is -1.10. The summed E-state index contributed by atoms with van der Waals surface area (Å²) in [5.74, 6) is 6.38. The van der Waals surface area contributed by atoms with Crippen LogP contribution in [0.2, 0.25) is 0 Å². The molecule has 90 valence electrons. The molecule has 0 fully saturated rings. The Labute approximate surface area is 92.1 Å². The van der Waals surface area contributed by atoms with Crippen LogP contribution in [-0.2, 0) is 11.2 Å². The topological polar surface area (TPSA) is 156 Å². The molecule has 0 amide bonds. The van der Waals surface area contributed by atoms with Crippen LogP contribution in [0.4, 0.5) is 0 Å². The molecule has 0 aliphatic rings. The Balaban J connectivity index is 0.00000106. The predicted octanol–water partition coefficient (Wildman–Crippen LogP) is -1.13. The van der Waals surface area contributed by atoms with Gasteiger partial charge in [0.1, 0.15) is 6.04 Å². The van der Waals surface area contributed by atoms with E-state index in [1.54, 1.807) is 0 Å². The Bertz CT molecular complexity index is 357. The van der Waals surface area contributed by atoms with Crippen LogP contribution >= 0.6 is 0 Å². The average Bonchev–Trinajstić information content (AvgIpc) is 2.26. The van der Waals surface area contributed by atoms with Gasteiger partial charge in [-0.2, -0.15) is 0 Å². The van der Waals surface area contributed by atoms with Crippen molar-refractivity contribution < 1.29 is 20.1 Å². The van der Waals surface area contributed by atoms with E-state index in [4.69, 9.17) is 21.1 Å². The van der Waals surface area contributed by atoms with Gasteiger partial charge in [-0.15, -0.1) is 0 Å².